The van der Waals surface area contributed by atoms with Gasteiger partial charge < -0.3 is 10.6 Å². The molecule has 1 aromatic rings. The van der Waals surface area contributed by atoms with Gasteiger partial charge in [0.05, 0.1) is 0 Å². The van der Waals surface area contributed by atoms with E-state index in [1.165, 1.54) is 19.3 Å². The Morgan fingerprint density at radius 3 is 2.68 bits per heavy atom. The lowest BCUT2D eigenvalue weighted by Gasteiger charge is -2.29. The standard InChI is InChI=1S/C16H24N2O/c1-11-12(15(19)17-4)7-5-8-13(11)18-14-9-6-10-16(14,2)3/h5,7-8,14,18H,6,9-10H2,1-4H3,(H,17,19). The number of carbonyl (C=O) groups excluding carboxylic acids is 1. The fourth-order valence-corrected chi connectivity index (χ4v) is 2.95. The largest absolute Gasteiger partial charge is 0.382 e. The van der Waals surface area contributed by atoms with E-state index in [2.05, 4.69) is 30.5 Å². The third-order valence-corrected chi connectivity index (χ3v) is 4.39. The molecule has 0 aromatic heterocycles. The lowest BCUT2D eigenvalue weighted by atomic mass is 9.87. The number of hydrogen-bond donors (Lipinski definition) is 2. The average molecular weight is 260 g/mol. The zero-order valence-corrected chi connectivity index (χ0v) is 12.3. The molecule has 0 radical (unpaired) electrons. The van der Waals surface area contributed by atoms with Gasteiger partial charge in [-0.3, -0.25) is 4.79 Å². The molecule has 1 aromatic carbocycles. The summed E-state index contributed by atoms with van der Waals surface area (Å²) in [5.74, 6) is -0.0215. The van der Waals surface area contributed by atoms with E-state index in [-0.39, 0.29) is 5.91 Å². The molecule has 19 heavy (non-hydrogen) atoms. The first kappa shape index (κ1) is 13.9. The molecule has 1 aliphatic carbocycles. The van der Waals surface area contributed by atoms with E-state index in [9.17, 15) is 4.79 Å². The van der Waals surface area contributed by atoms with E-state index >= 15 is 0 Å². The molecule has 1 unspecified atom stereocenters. The molecule has 0 saturated heterocycles. The van der Waals surface area contributed by atoms with Crippen molar-refractivity contribution < 1.29 is 4.79 Å². The summed E-state index contributed by atoms with van der Waals surface area (Å²) in [4.78, 5) is 11.8. The second kappa shape index (κ2) is 5.24. The molecule has 1 aliphatic rings. The fourth-order valence-electron chi connectivity index (χ4n) is 2.95. The summed E-state index contributed by atoms with van der Waals surface area (Å²) in [6.07, 6.45) is 3.74. The van der Waals surface area contributed by atoms with Crippen LogP contribution in [0.3, 0.4) is 0 Å². The molecular weight excluding hydrogens is 236 g/mol. The molecule has 0 spiro atoms. The molecule has 1 fully saturated rings. The highest BCUT2D eigenvalue weighted by atomic mass is 16.1. The number of hydrogen-bond acceptors (Lipinski definition) is 2. The van der Waals surface area contributed by atoms with Crippen molar-refractivity contribution in [1.82, 2.24) is 5.32 Å². The maximum Gasteiger partial charge on any atom is 0.251 e. The van der Waals surface area contributed by atoms with Crippen LogP contribution in [0.5, 0.6) is 0 Å². The molecule has 3 heteroatoms. The first-order valence-electron chi connectivity index (χ1n) is 7.04. The van der Waals surface area contributed by atoms with Crippen molar-refractivity contribution in [2.45, 2.75) is 46.1 Å². The quantitative estimate of drug-likeness (QED) is 0.875. The average Bonchev–Trinajstić information content (AvgIpc) is 2.70. The van der Waals surface area contributed by atoms with Crippen molar-refractivity contribution >= 4 is 11.6 Å². The Kier molecular flexibility index (Phi) is 3.83. The highest BCUT2D eigenvalue weighted by Crippen LogP contribution is 2.39. The first-order valence-corrected chi connectivity index (χ1v) is 7.04. The minimum atomic E-state index is -0.0215. The van der Waals surface area contributed by atoms with Gasteiger partial charge in [0.25, 0.3) is 5.91 Å². The van der Waals surface area contributed by atoms with E-state index < -0.39 is 0 Å². The van der Waals surface area contributed by atoms with Gasteiger partial charge in [0.1, 0.15) is 0 Å². The zero-order valence-electron chi connectivity index (χ0n) is 12.3. The van der Waals surface area contributed by atoms with Crippen LogP contribution in [0, 0.1) is 12.3 Å². The summed E-state index contributed by atoms with van der Waals surface area (Å²) in [7, 11) is 1.67. The molecule has 104 valence electrons. The minimum absolute atomic E-state index is 0.0215. The zero-order chi connectivity index (χ0) is 14.0. The lowest BCUT2D eigenvalue weighted by molar-refractivity contribution is 0.0962. The SMILES string of the molecule is CNC(=O)c1cccc(NC2CCCC2(C)C)c1C. The van der Waals surface area contributed by atoms with Gasteiger partial charge in [-0.1, -0.05) is 26.3 Å². The Labute approximate surface area is 115 Å². The van der Waals surface area contributed by atoms with E-state index in [0.29, 0.717) is 11.5 Å². The van der Waals surface area contributed by atoms with Gasteiger partial charge in [0, 0.05) is 24.3 Å². The Morgan fingerprint density at radius 2 is 2.11 bits per heavy atom. The molecule has 1 saturated carbocycles. The summed E-state index contributed by atoms with van der Waals surface area (Å²) in [6.45, 7) is 6.64. The van der Waals surface area contributed by atoms with Gasteiger partial charge in [0.15, 0.2) is 0 Å². The smallest absolute Gasteiger partial charge is 0.251 e. The highest BCUT2D eigenvalue weighted by molar-refractivity contribution is 5.96. The van der Waals surface area contributed by atoms with Crippen molar-refractivity contribution in [1.29, 1.82) is 0 Å². The van der Waals surface area contributed by atoms with E-state index in [1.807, 2.05) is 19.1 Å². The Morgan fingerprint density at radius 1 is 1.37 bits per heavy atom. The molecule has 0 bridgehead atoms. The number of rotatable bonds is 3. The third-order valence-electron chi connectivity index (χ3n) is 4.39. The van der Waals surface area contributed by atoms with Crippen molar-refractivity contribution in [2.24, 2.45) is 5.41 Å². The third kappa shape index (κ3) is 2.75. The Balaban J connectivity index is 2.24. The predicted octanol–water partition coefficient (Wildman–Crippen LogP) is 3.35. The van der Waals surface area contributed by atoms with Gasteiger partial charge in [-0.05, 0) is 42.9 Å². The Hall–Kier alpha value is -1.51. The van der Waals surface area contributed by atoms with Crippen LogP contribution in [0.15, 0.2) is 18.2 Å². The van der Waals surface area contributed by atoms with Gasteiger partial charge >= 0.3 is 0 Å². The van der Waals surface area contributed by atoms with Crippen molar-refractivity contribution in [2.75, 3.05) is 12.4 Å². The monoisotopic (exact) mass is 260 g/mol. The van der Waals surface area contributed by atoms with Gasteiger partial charge in [-0.15, -0.1) is 0 Å². The number of amides is 1. The minimum Gasteiger partial charge on any atom is -0.382 e. The van der Waals surface area contributed by atoms with Gasteiger partial charge in [-0.2, -0.15) is 0 Å². The summed E-state index contributed by atoms with van der Waals surface area (Å²) < 4.78 is 0. The van der Waals surface area contributed by atoms with Crippen LogP contribution < -0.4 is 10.6 Å². The second-order valence-corrected chi connectivity index (χ2v) is 6.13. The molecule has 0 aliphatic heterocycles. The van der Waals surface area contributed by atoms with Crippen molar-refractivity contribution in [3.8, 4) is 0 Å². The normalized spacial score (nSPS) is 21.2. The van der Waals surface area contributed by atoms with E-state index in [1.54, 1.807) is 7.05 Å². The molecule has 0 heterocycles. The van der Waals surface area contributed by atoms with E-state index in [0.717, 1.165) is 16.8 Å². The highest BCUT2D eigenvalue weighted by Gasteiger charge is 2.34. The van der Waals surface area contributed by atoms with E-state index in [4.69, 9.17) is 0 Å². The lowest BCUT2D eigenvalue weighted by Crippen LogP contribution is -2.31. The molecule has 1 amide bonds. The number of nitrogens with one attached hydrogen (secondary N) is 2. The summed E-state index contributed by atoms with van der Waals surface area (Å²) >= 11 is 0. The first-order chi connectivity index (χ1) is 8.95. The van der Waals surface area contributed by atoms with Crippen LogP contribution in [0.1, 0.15) is 49.0 Å². The van der Waals surface area contributed by atoms with Crippen LogP contribution >= 0.6 is 0 Å². The Bertz CT molecular complexity index is 480. The number of benzene rings is 1. The van der Waals surface area contributed by atoms with Gasteiger partial charge in [0.2, 0.25) is 0 Å². The van der Waals surface area contributed by atoms with Crippen LogP contribution in [0.25, 0.3) is 0 Å². The van der Waals surface area contributed by atoms with Crippen LogP contribution in [-0.4, -0.2) is 19.0 Å². The maximum atomic E-state index is 11.8. The molecule has 2 N–H and O–H groups in total. The van der Waals surface area contributed by atoms with Crippen LogP contribution in [0.4, 0.5) is 5.69 Å². The predicted molar refractivity (Wildman–Crippen MR) is 79.6 cm³/mol. The molecule has 1 atom stereocenters. The van der Waals surface area contributed by atoms with Crippen molar-refractivity contribution in [3.05, 3.63) is 29.3 Å². The molecule has 2 rings (SSSR count). The topological polar surface area (TPSA) is 41.1 Å². The summed E-state index contributed by atoms with van der Waals surface area (Å²) in [6, 6.07) is 6.38. The summed E-state index contributed by atoms with van der Waals surface area (Å²) in [5.41, 5.74) is 3.20. The summed E-state index contributed by atoms with van der Waals surface area (Å²) in [5, 5.41) is 6.33. The number of anilines is 1. The van der Waals surface area contributed by atoms with Crippen LogP contribution in [0.2, 0.25) is 0 Å². The van der Waals surface area contributed by atoms with Gasteiger partial charge in [-0.25, -0.2) is 0 Å². The van der Waals surface area contributed by atoms with Crippen LogP contribution in [-0.2, 0) is 0 Å². The molecular formula is C16H24N2O. The van der Waals surface area contributed by atoms with Crippen molar-refractivity contribution in [3.63, 3.8) is 0 Å². The molecule has 3 nitrogen and oxygen atoms in total. The maximum absolute atomic E-state index is 11.8. The second-order valence-electron chi connectivity index (χ2n) is 6.13. The fraction of sp³-hybridized carbons (Fsp3) is 0.562. The number of carbonyl (C=O) groups is 1.